The quantitative estimate of drug-likeness (QED) is 0.591. The molecule has 2 rings (SSSR count). The number of hydrogen-bond acceptors (Lipinski definition) is 5. The summed E-state index contributed by atoms with van der Waals surface area (Å²) >= 11 is 0.936. The number of carboxylic acids is 1. The number of nitrogens with two attached hydrogens (primary N) is 1. The first-order chi connectivity index (χ1) is 9.99. The van der Waals surface area contributed by atoms with Gasteiger partial charge in [0, 0.05) is 13.0 Å². The Kier molecular flexibility index (Phi) is 4.59. The Morgan fingerprint density at radius 2 is 2.05 bits per heavy atom. The zero-order chi connectivity index (χ0) is 15.4. The molecule has 7 nitrogen and oxygen atoms in total. The van der Waals surface area contributed by atoms with E-state index in [2.05, 4.69) is 4.98 Å². The largest absolute Gasteiger partial charge is 0.481 e. The number of para-hydroxylation sites is 1. The molecule has 110 valence electrons. The maximum Gasteiger partial charge on any atom is 0.313 e. The molecule has 21 heavy (non-hydrogen) atoms. The highest BCUT2D eigenvalue weighted by atomic mass is 32.2. The number of fused-ring (bicyclic) bond motifs is 1. The maximum absolute atomic E-state index is 12.4. The van der Waals surface area contributed by atoms with E-state index in [1.165, 1.54) is 4.57 Å². The molecule has 0 aliphatic carbocycles. The van der Waals surface area contributed by atoms with Gasteiger partial charge in [-0.1, -0.05) is 23.9 Å². The highest BCUT2D eigenvalue weighted by molar-refractivity contribution is 7.99. The van der Waals surface area contributed by atoms with Crippen LogP contribution in [0.4, 0.5) is 0 Å². The minimum absolute atomic E-state index is 0.0133. The third-order valence-electron chi connectivity index (χ3n) is 2.73. The van der Waals surface area contributed by atoms with Crippen molar-refractivity contribution in [2.45, 2.75) is 18.1 Å². The number of aliphatic carboxylic acids is 1. The zero-order valence-electron chi connectivity index (χ0n) is 11.0. The highest BCUT2D eigenvalue weighted by Crippen LogP contribution is 2.17. The lowest BCUT2D eigenvalue weighted by atomic mass is 10.2. The van der Waals surface area contributed by atoms with Crippen LogP contribution in [0.1, 0.15) is 6.42 Å². The van der Waals surface area contributed by atoms with Gasteiger partial charge in [-0.15, -0.1) is 0 Å². The first kappa shape index (κ1) is 15.0. The molecule has 0 radical (unpaired) electrons. The van der Waals surface area contributed by atoms with Crippen LogP contribution in [0.2, 0.25) is 0 Å². The van der Waals surface area contributed by atoms with Crippen molar-refractivity contribution < 1.29 is 14.7 Å². The van der Waals surface area contributed by atoms with Gasteiger partial charge in [-0.3, -0.25) is 19.0 Å². The van der Waals surface area contributed by atoms with Gasteiger partial charge in [-0.25, -0.2) is 4.98 Å². The van der Waals surface area contributed by atoms with Crippen molar-refractivity contribution in [1.29, 1.82) is 0 Å². The number of thioether (sulfide) groups is 1. The van der Waals surface area contributed by atoms with Gasteiger partial charge in [0.15, 0.2) is 5.16 Å². The van der Waals surface area contributed by atoms with Gasteiger partial charge in [0.1, 0.15) is 0 Å². The minimum atomic E-state index is -1.01. The van der Waals surface area contributed by atoms with Crippen LogP contribution in [0.15, 0.2) is 34.2 Å². The van der Waals surface area contributed by atoms with E-state index in [0.717, 1.165) is 11.8 Å². The molecule has 0 aliphatic rings. The zero-order valence-corrected chi connectivity index (χ0v) is 11.8. The summed E-state index contributed by atoms with van der Waals surface area (Å²) in [6.45, 7) is 0.0773. The summed E-state index contributed by atoms with van der Waals surface area (Å²) in [7, 11) is 0. The first-order valence-corrected chi connectivity index (χ1v) is 7.10. The van der Waals surface area contributed by atoms with Crippen LogP contribution < -0.4 is 11.3 Å². The summed E-state index contributed by atoms with van der Waals surface area (Å²) in [4.78, 5) is 38.3. The molecule has 1 heterocycles. The number of carboxylic acid groups (broad SMARTS) is 1. The predicted molar refractivity (Wildman–Crippen MR) is 78.2 cm³/mol. The monoisotopic (exact) mass is 307 g/mol. The molecule has 0 saturated heterocycles. The van der Waals surface area contributed by atoms with Gasteiger partial charge < -0.3 is 10.8 Å². The molecule has 0 atom stereocenters. The third-order valence-corrected chi connectivity index (χ3v) is 3.69. The number of hydrogen-bond donors (Lipinski definition) is 2. The SMILES string of the molecule is NC(=O)CCn1c(SCC(=O)O)nc2ccccc2c1=O. The second-order valence-electron chi connectivity index (χ2n) is 4.27. The van der Waals surface area contributed by atoms with Gasteiger partial charge in [0.25, 0.3) is 5.56 Å². The molecule has 0 bridgehead atoms. The number of benzene rings is 1. The molecule has 1 aromatic heterocycles. The average Bonchev–Trinajstić information content (AvgIpc) is 2.44. The molecular weight excluding hydrogens is 294 g/mol. The molecule has 8 heteroatoms. The number of carbonyl (C=O) groups is 2. The van der Waals surface area contributed by atoms with Gasteiger partial charge in [0.05, 0.1) is 16.7 Å². The average molecular weight is 307 g/mol. The van der Waals surface area contributed by atoms with Gasteiger partial charge in [-0.05, 0) is 12.1 Å². The number of primary amides is 1. The van der Waals surface area contributed by atoms with Crippen LogP contribution in [0.5, 0.6) is 0 Å². The molecular formula is C13H13N3O4S. The molecule has 0 unspecified atom stereocenters. The lowest BCUT2D eigenvalue weighted by Crippen LogP contribution is -2.26. The van der Waals surface area contributed by atoms with Crippen molar-refractivity contribution in [2.24, 2.45) is 5.73 Å². The summed E-state index contributed by atoms with van der Waals surface area (Å²) in [5.74, 6) is -1.77. The molecule has 3 N–H and O–H groups in total. The molecule has 1 aromatic carbocycles. The fourth-order valence-corrected chi connectivity index (χ4v) is 2.55. The van der Waals surface area contributed by atoms with Gasteiger partial charge >= 0.3 is 5.97 Å². The number of nitrogens with zero attached hydrogens (tertiary/aromatic N) is 2. The van der Waals surface area contributed by atoms with E-state index in [1.807, 2.05) is 0 Å². The summed E-state index contributed by atoms with van der Waals surface area (Å²) in [5, 5.41) is 9.44. The molecule has 2 aromatic rings. The Morgan fingerprint density at radius 3 is 2.71 bits per heavy atom. The number of rotatable bonds is 6. The van der Waals surface area contributed by atoms with E-state index in [-0.39, 0.29) is 29.4 Å². The Morgan fingerprint density at radius 1 is 1.33 bits per heavy atom. The topological polar surface area (TPSA) is 115 Å². The van der Waals surface area contributed by atoms with Crippen LogP contribution in [0.25, 0.3) is 10.9 Å². The van der Waals surface area contributed by atoms with Gasteiger partial charge in [0.2, 0.25) is 5.91 Å². The lowest BCUT2D eigenvalue weighted by Gasteiger charge is -2.11. The Bertz CT molecular complexity index is 757. The Hall–Kier alpha value is -2.35. The van der Waals surface area contributed by atoms with Crippen LogP contribution in [0, 0.1) is 0 Å². The van der Waals surface area contributed by atoms with Crippen LogP contribution >= 0.6 is 11.8 Å². The van der Waals surface area contributed by atoms with E-state index in [0.29, 0.717) is 10.9 Å². The van der Waals surface area contributed by atoms with Crippen LogP contribution in [0.3, 0.4) is 0 Å². The summed E-state index contributed by atoms with van der Waals surface area (Å²) in [6, 6.07) is 6.78. The molecule has 0 saturated carbocycles. The van der Waals surface area contributed by atoms with Crippen molar-refractivity contribution in [3.05, 3.63) is 34.6 Å². The van der Waals surface area contributed by atoms with Crippen LogP contribution in [-0.2, 0) is 16.1 Å². The fraction of sp³-hybridized carbons (Fsp3) is 0.231. The molecule has 0 fully saturated rings. The standard InChI is InChI=1S/C13H13N3O4S/c14-10(17)5-6-16-12(20)8-3-1-2-4-9(8)15-13(16)21-7-11(18)19/h1-4H,5-7H2,(H2,14,17)(H,18,19). The second-order valence-corrected chi connectivity index (χ2v) is 5.21. The van der Waals surface area contributed by atoms with E-state index in [1.54, 1.807) is 24.3 Å². The lowest BCUT2D eigenvalue weighted by molar-refractivity contribution is -0.134. The van der Waals surface area contributed by atoms with Crippen molar-refractivity contribution in [3.63, 3.8) is 0 Å². The summed E-state index contributed by atoms with van der Waals surface area (Å²) in [5.41, 5.74) is 5.28. The van der Waals surface area contributed by atoms with Crippen molar-refractivity contribution >= 4 is 34.5 Å². The van der Waals surface area contributed by atoms with E-state index < -0.39 is 11.9 Å². The van der Waals surface area contributed by atoms with E-state index in [4.69, 9.17) is 10.8 Å². The molecule has 0 spiro atoms. The van der Waals surface area contributed by atoms with E-state index >= 15 is 0 Å². The molecule has 1 amide bonds. The van der Waals surface area contributed by atoms with Crippen molar-refractivity contribution in [1.82, 2.24) is 9.55 Å². The maximum atomic E-state index is 12.4. The first-order valence-electron chi connectivity index (χ1n) is 6.11. The number of aromatic nitrogens is 2. The number of carbonyl (C=O) groups excluding carboxylic acids is 1. The summed E-state index contributed by atoms with van der Waals surface area (Å²) in [6.07, 6.45) is -0.0133. The van der Waals surface area contributed by atoms with Crippen LogP contribution in [-0.4, -0.2) is 32.3 Å². The molecule has 0 aliphatic heterocycles. The Balaban J connectivity index is 2.50. The fourth-order valence-electron chi connectivity index (χ4n) is 1.80. The summed E-state index contributed by atoms with van der Waals surface area (Å²) < 4.78 is 1.29. The van der Waals surface area contributed by atoms with Crippen molar-refractivity contribution in [2.75, 3.05) is 5.75 Å². The third kappa shape index (κ3) is 3.60. The van der Waals surface area contributed by atoms with E-state index in [9.17, 15) is 14.4 Å². The smallest absolute Gasteiger partial charge is 0.313 e. The second kappa shape index (κ2) is 6.40. The number of amides is 1. The Labute approximate surface area is 123 Å². The van der Waals surface area contributed by atoms with Crippen molar-refractivity contribution in [3.8, 4) is 0 Å². The normalized spacial score (nSPS) is 10.7. The predicted octanol–water partition coefficient (Wildman–Crippen LogP) is 0.449. The minimum Gasteiger partial charge on any atom is -0.481 e. The highest BCUT2D eigenvalue weighted by Gasteiger charge is 2.13. The van der Waals surface area contributed by atoms with Gasteiger partial charge in [-0.2, -0.15) is 0 Å².